The molecule has 0 saturated heterocycles. The smallest absolute Gasteiger partial charge is 0.332 e. The van der Waals surface area contributed by atoms with E-state index in [0.29, 0.717) is 23.7 Å². The van der Waals surface area contributed by atoms with Crippen LogP contribution in [0.15, 0.2) is 18.2 Å². The molecule has 1 amide bonds. The van der Waals surface area contributed by atoms with Crippen LogP contribution in [0.2, 0.25) is 0 Å². The number of ether oxygens (including phenoxy) is 2. The molecule has 0 radical (unpaired) electrons. The number of amides is 1. The van der Waals surface area contributed by atoms with Gasteiger partial charge >= 0.3 is 5.97 Å². The van der Waals surface area contributed by atoms with Crippen molar-refractivity contribution >= 4 is 17.6 Å². The predicted octanol–water partition coefficient (Wildman–Crippen LogP) is 5.42. The van der Waals surface area contributed by atoms with E-state index in [1.165, 1.54) is 6.42 Å². The molecule has 2 aliphatic carbocycles. The van der Waals surface area contributed by atoms with Crippen LogP contribution < -0.4 is 5.32 Å². The SMILES string of the molecule is CCOC(=O)CO[C@@H](CC(=O)Nc1ccc(C)cc1C)c1nnc(C2CC(CC(C)C)C2)n1C1CC1. The number of nitrogens with zero attached hydrogens (tertiary/aromatic N) is 3. The average Bonchev–Trinajstić information content (AvgIpc) is 3.54. The molecular weight excluding hydrogens is 456 g/mol. The molecule has 8 nitrogen and oxygen atoms in total. The zero-order valence-corrected chi connectivity index (χ0v) is 22.3. The second-order valence-electron chi connectivity index (χ2n) is 10.9. The Morgan fingerprint density at radius 3 is 2.56 bits per heavy atom. The Bertz CT molecular complexity index is 1070. The van der Waals surface area contributed by atoms with Crippen molar-refractivity contribution in [1.29, 1.82) is 0 Å². The fourth-order valence-corrected chi connectivity index (χ4v) is 5.25. The number of rotatable bonds is 12. The average molecular weight is 497 g/mol. The van der Waals surface area contributed by atoms with E-state index in [9.17, 15) is 9.59 Å². The van der Waals surface area contributed by atoms with Gasteiger partial charge in [-0.05, 0) is 76.3 Å². The van der Waals surface area contributed by atoms with Crippen molar-refractivity contribution in [2.24, 2.45) is 11.8 Å². The Morgan fingerprint density at radius 2 is 1.92 bits per heavy atom. The minimum Gasteiger partial charge on any atom is -0.464 e. The Hall–Kier alpha value is -2.74. The van der Waals surface area contributed by atoms with E-state index in [2.05, 4.69) is 33.9 Å². The first-order valence-corrected chi connectivity index (χ1v) is 13.3. The summed E-state index contributed by atoms with van der Waals surface area (Å²) in [7, 11) is 0. The van der Waals surface area contributed by atoms with E-state index in [1.54, 1.807) is 6.92 Å². The van der Waals surface area contributed by atoms with Crippen LogP contribution in [0.5, 0.6) is 0 Å². The monoisotopic (exact) mass is 496 g/mol. The lowest BCUT2D eigenvalue weighted by molar-refractivity contribution is -0.151. The molecule has 1 heterocycles. The lowest BCUT2D eigenvalue weighted by Crippen LogP contribution is -2.27. The van der Waals surface area contributed by atoms with Crippen LogP contribution in [-0.4, -0.2) is 39.9 Å². The van der Waals surface area contributed by atoms with E-state index in [1.807, 2.05) is 32.0 Å². The van der Waals surface area contributed by atoms with Crippen molar-refractivity contribution in [2.75, 3.05) is 18.5 Å². The lowest BCUT2D eigenvalue weighted by atomic mass is 9.71. The van der Waals surface area contributed by atoms with Gasteiger partial charge in [0.1, 0.15) is 18.5 Å². The summed E-state index contributed by atoms with van der Waals surface area (Å²) in [6.07, 6.45) is 4.99. The van der Waals surface area contributed by atoms with Crippen LogP contribution in [0.4, 0.5) is 5.69 Å². The van der Waals surface area contributed by atoms with Gasteiger partial charge in [-0.25, -0.2) is 4.79 Å². The van der Waals surface area contributed by atoms with Gasteiger partial charge in [-0.15, -0.1) is 10.2 Å². The van der Waals surface area contributed by atoms with Gasteiger partial charge in [-0.2, -0.15) is 0 Å². The maximum atomic E-state index is 13.1. The number of nitrogens with one attached hydrogen (secondary N) is 1. The van der Waals surface area contributed by atoms with E-state index in [-0.39, 0.29) is 25.5 Å². The van der Waals surface area contributed by atoms with Crippen molar-refractivity contribution < 1.29 is 19.1 Å². The number of carbonyl (C=O) groups excluding carboxylic acids is 2. The molecule has 8 heteroatoms. The van der Waals surface area contributed by atoms with E-state index in [4.69, 9.17) is 9.47 Å². The number of hydrogen-bond donors (Lipinski definition) is 1. The highest BCUT2D eigenvalue weighted by Gasteiger charge is 2.40. The third-order valence-electron chi connectivity index (χ3n) is 7.09. The number of carbonyl (C=O) groups is 2. The van der Waals surface area contributed by atoms with Gasteiger partial charge in [0.2, 0.25) is 5.91 Å². The molecule has 36 heavy (non-hydrogen) atoms. The minimum absolute atomic E-state index is 0.0399. The first kappa shape index (κ1) is 26.3. The van der Waals surface area contributed by atoms with Gasteiger partial charge in [0.05, 0.1) is 13.0 Å². The van der Waals surface area contributed by atoms with Crippen LogP contribution >= 0.6 is 0 Å². The molecule has 1 aromatic heterocycles. The number of anilines is 1. The van der Waals surface area contributed by atoms with Gasteiger partial charge < -0.3 is 19.4 Å². The Balaban J connectivity index is 1.52. The predicted molar refractivity (Wildman–Crippen MR) is 138 cm³/mol. The topological polar surface area (TPSA) is 95.3 Å². The first-order valence-electron chi connectivity index (χ1n) is 13.3. The van der Waals surface area contributed by atoms with Gasteiger partial charge in [0.25, 0.3) is 0 Å². The lowest BCUT2D eigenvalue weighted by Gasteiger charge is -2.36. The van der Waals surface area contributed by atoms with Crippen LogP contribution in [0.25, 0.3) is 0 Å². The highest BCUT2D eigenvalue weighted by atomic mass is 16.6. The highest BCUT2D eigenvalue weighted by Crippen LogP contribution is 2.47. The fourth-order valence-electron chi connectivity index (χ4n) is 5.25. The number of aryl methyl sites for hydroxylation is 2. The van der Waals surface area contributed by atoms with E-state index < -0.39 is 12.1 Å². The van der Waals surface area contributed by atoms with Gasteiger partial charge in [0.15, 0.2) is 5.82 Å². The standard InChI is InChI=1S/C28H40N4O4/c1-6-35-26(34)16-36-24(15-25(33)29-23-10-7-18(4)12-19(23)5)28-31-30-27(32(28)22-8-9-22)21-13-20(14-21)11-17(2)3/h7,10,12,17,20-22,24H,6,8-9,11,13-16H2,1-5H3,(H,29,33)/t20?,21?,24-/m0/s1. The Morgan fingerprint density at radius 1 is 1.17 bits per heavy atom. The molecule has 0 aliphatic heterocycles. The van der Waals surface area contributed by atoms with Crippen LogP contribution in [0.3, 0.4) is 0 Å². The second kappa shape index (κ2) is 11.5. The zero-order valence-electron chi connectivity index (χ0n) is 22.3. The molecule has 1 aromatic carbocycles. The third-order valence-corrected chi connectivity index (χ3v) is 7.09. The van der Waals surface area contributed by atoms with Crippen LogP contribution in [0, 0.1) is 25.7 Å². The number of benzene rings is 1. The molecule has 2 fully saturated rings. The van der Waals surface area contributed by atoms with Gasteiger partial charge in [0, 0.05) is 17.6 Å². The van der Waals surface area contributed by atoms with Crippen molar-refractivity contribution in [3.63, 3.8) is 0 Å². The quantitative estimate of drug-likeness (QED) is 0.394. The molecule has 2 saturated carbocycles. The summed E-state index contributed by atoms with van der Waals surface area (Å²) in [5.74, 6) is 2.83. The maximum absolute atomic E-state index is 13.1. The van der Waals surface area contributed by atoms with Crippen molar-refractivity contribution in [1.82, 2.24) is 14.8 Å². The first-order chi connectivity index (χ1) is 17.2. The molecule has 1 atom stereocenters. The summed E-state index contributed by atoms with van der Waals surface area (Å²) in [6, 6.07) is 6.25. The van der Waals surface area contributed by atoms with Gasteiger partial charge in [-0.3, -0.25) is 4.79 Å². The summed E-state index contributed by atoms with van der Waals surface area (Å²) in [5.41, 5.74) is 2.90. The number of esters is 1. The van der Waals surface area contributed by atoms with Gasteiger partial charge in [-0.1, -0.05) is 31.5 Å². The summed E-state index contributed by atoms with van der Waals surface area (Å²) in [5, 5.41) is 12.1. The van der Waals surface area contributed by atoms with E-state index in [0.717, 1.165) is 54.2 Å². The van der Waals surface area contributed by atoms with Crippen LogP contribution in [0.1, 0.15) is 100 Å². The van der Waals surface area contributed by atoms with Crippen LogP contribution in [-0.2, 0) is 19.1 Å². The number of aromatic nitrogens is 3. The zero-order chi connectivity index (χ0) is 25.8. The summed E-state index contributed by atoms with van der Waals surface area (Å²) in [6.45, 7) is 10.3. The number of hydrogen-bond acceptors (Lipinski definition) is 6. The van der Waals surface area contributed by atoms with Crippen molar-refractivity contribution in [2.45, 2.75) is 91.2 Å². The molecule has 0 spiro atoms. The molecule has 196 valence electrons. The summed E-state index contributed by atoms with van der Waals surface area (Å²) in [4.78, 5) is 25.2. The second-order valence-corrected chi connectivity index (χ2v) is 10.9. The third kappa shape index (κ3) is 6.52. The summed E-state index contributed by atoms with van der Waals surface area (Å²) >= 11 is 0. The van der Waals surface area contributed by atoms with Crippen molar-refractivity contribution in [3.05, 3.63) is 41.0 Å². The minimum atomic E-state index is -0.687. The van der Waals surface area contributed by atoms with E-state index >= 15 is 0 Å². The maximum Gasteiger partial charge on any atom is 0.332 e. The molecule has 0 bridgehead atoms. The Kier molecular flexibility index (Phi) is 8.44. The molecular formula is C28H40N4O4. The van der Waals surface area contributed by atoms with Crippen molar-refractivity contribution in [3.8, 4) is 0 Å². The molecule has 1 N–H and O–H groups in total. The molecule has 0 unspecified atom stereocenters. The summed E-state index contributed by atoms with van der Waals surface area (Å²) < 4.78 is 13.2. The Labute approximate surface area is 214 Å². The largest absolute Gasteiger partial charge is 0.464 e. The highest BCUT2D eigenvalue weighted by molar-refractivity contribution is 5.91. The molecule has 2 aliphatic rings. The molecule has 4 rings (SSSR count). The molecule has 2 aromatic rings. The normalized spacial score (nSPS) is 20.2. The fraction of sp³-hybridized carbons (Fsp3) is 0.643.